The van der Waals surface area contributed by atoms with E-state index in [-0.39, 0.29) is 31.0 Å². The molecule has 2 heterocycles. The number of ether oxygens (including phenoxy) is 1. The van der Waals surface area contributed by atoms with Crippen molar-refractivity contribution in [3.05, 3.63) is 58.6 Å². The van der Waals surface area contributed by atoms with E-state index in [2.05, 4.69) is 10.3 Å². The highest BCUT2D eigenvalue weighted by atomic mass is 35.5. The summed E-state index contributed by atoms with van der Waals surface area (Å²) in [7, 11) is 0. The van der Waals surface area contributed by atoms with Crippen LogP contribution in [0.5, 0.6) is 0 Å². The Hall–Kier alpha value is -2.69. The fourth-order valence-electron chi connectivity index (χ4n) is 3.43. The van der Waals surface area contributed by atoms with E-state index < -0.39 is 35.5 Å². The SMILES string of the molecule is O=C(CCl)Nc1cc(C(=O)N2CCOCC2c2nc3ccccc3s2)cc(C(F)(F)F)c1. The van der Waals surface area contributed by atoms with Crippen LogP contribution in [0.25, 0.3) is 10.2 Å². The number of alkyl halides is 4. The van der Waals surface area contributed by atoms with Crippen LogP contribution in [-0.2, 0) is 15.7 Å². The number of morpholine rings is 1. The molecule has 0 radical (unpaired) electrons. The number of anilines is 1. The molecule has 2 amide bonds. The first-order valence-electron chi connectivity index (χ1n) is 9.58. The molecule has 3 aromatic rings. The van der Waals surface area contributed by atoms with Crippen molar-refractivity contribution in [2.45, 2.75) is 12.2 Å². The van der Waals surface area contributed by atoms with Crippen molar-refractivity contribution in [1.29, 1.82) is 0 Å². The molecule has 1 atom stereocenters. The highest BCUT2D eigenvalue weighted by Gasteiger charge is 2.35. The number of nitrogens with zero attached hydrogens (tertiary/aromatic N) is 2. The Morgan fingerprint density at radius 2 is 2.03 bits per heavy atom. The van der Waals surface area contributed by atoms with E-state index in [1.165, 1.54) is 22.3 Å². The number of aromatic nitrogens is 1. The minimum absolute atomic E-state index is 0.154. The number of rotatable bonds is 4. The number of thiazole rings is 1. The summed E-state index contributed by atoms with van der Waals surface area (Å²) in [5, 5.41) is 2.93. The zero-order chi connectivity index (χ0) is 22.9. The van der Waals surface area contributed by atoms with E-state index in [0.29, 0.717) is 5.01 Å². The number of nitrogens with one attached hydrogen (secondary N) is 1. The molecule has 2 aromatic carbocycles. The van der Waals surface area contributed by atoms with Crippen LogP contribution in [0, 0.1) is 0 Å². The topological polar surface area (TPSA) is 71.5 Å². The lowest BCUT2D eigenvalue weighted by atomic mass is 10.1. The van der Waals surface area contributed by atoms with Gasteiger partial charge in [0.1, 0.15) is 16.9 Å². The van der Waals surface area contributed by atoms with Crippen LogP contribution in [0.3, 0.4) is 0 Å². The second-order valence-electron chi connectivity index (χ2n) is 7.09. The summed E-state index contributed by atoms with van der Waals surface area (Å²) in [6.45, 7) is 0.626. The molecule has 11 heteroatoms. The predicted molar refractivity (Wildman–Crippen MR) is 115 cm³/mol. The van der Waals surface area contributed by atoms with Gasteiger partial charge in [-0.05, 0) is 30.3 Å². The third kappa shape index (κ3) is 4.72. The maximum atomic E-state index is 13.4. The van der Waals surface area contributed by atoms with Crippen molar-refractivity contribution in [2.75, 3.05) is 31.0 Å². The Balaban J connectivity index is 1.70. The van der Waals surface area contributed by atoms with Gasteiger partial charge in [0.05, 0.1) is 29.0 Å². The van der Waals surface area contributed by atoms with E-state index in [0.717, 1.165) is 22.3 Å². The standard InChI is InChI=1S/C21H17ClF3N3O3S/c22-10-18(29)26-14-8-12(7-13(9-14)21(23,24)25)20(30)28-5-6-31-11-16(28)19-27-15-3-1-2-4-17(15)32-19/h1-4,7-9,16H,5-6,10-11H2,(H,26,29). The second-order valence-corrected chi connectivity index (χ2v) is 8.42. The lowest BCUT2D eigenvalue weighted by molar-refractivity contribution is -0.137. The first kappa shape index (κ1) is 22.5. The van der Waals surface area contributed by atoms with E-state index in [1.54, 1.807) is 0 Å². The maximum absolute atomic E-state index is 13.4. The zero-order valence-electron chi connectivity index (χ0n) is 16.5. The molecule has 1 saturated heterocycles. The Morgan fingerprint density at radius 1 is 1.25 bits per heavy atom. The van der Waals surface area contributed by atoms with Crippen LogP contribution in [-0.4, -0.2) is 47.3 Å². The minimum atomic E-state index is -4.70. The molecule has 1 unspecified atom stereocenters. The lowest BCUT2D eigenvalue weighted by Crippen LogP contribution is -2.43. The van der Waals surface area contributed by atoms with E-state index >= 15 is 0 Å². The highest BCUT2D eigenvalue weighted by molar-refractivity contribution is 7.18. The van der Waals surface area contributed by atoms with Crippen LogP contribution in [0.4, 0.5) is 18.9 Å². The number of fused-ring (bicyclic) bond motifs is 1. The molecule has 1 aromatic heterocycles. The molecule has 0 aliphatic carbocycles. The van der Waals surface area contributed by atoms with Gasteiger partial charge < -0.3 is 15.0 Å². The van der Waals surface area contributed by atoms with Crippen LogP contribution in [0.15, 0.2) is 42.5 Å². The van der Waals surface area contributed by atoms with E-state index in [4.69, 9.17) is 16.3 Å². The Bertz CT molecular complexity index is 1130. The van der Waals surface area contributed by atoms with Gasteiger partial charge in [-0.3, -0.25) is 9.59 Å². The van der Waals surface area contributed by atoms with Gasteiger partial charge >= 0.3 is 6.18 Å². The summed E-state index contributed by atoms with van der Waals surface area (Å²) in [5.74, 6) is -1.71. The van der Waals surface area contributed by atoms with Crippen molar-refractivity contribution in [3.63, 3.8) is 0 Å². The second kappa shape index (κ2) is 9.05. The quantitative estimate of drug-likeness (QED) is 0.546. The van der Waals surface area contributed by atoms with Gasteiger partial charge in [-0.1, -0.05) is 12.1 Å². The van der Waals surface area contributed by atoms with Crippen LogP contribution in [0.1, 0.15) is 27.0 Å². The molecule has 1 fully saturated rings. The summed E-state index contributed by atoms with van der Waals surface area (Å²) in [6, 6.07) is 9.72. The number of carbonyl (C=O) groups excluding carboxylic acids is 2. The fraction of sp³-hybridized carbons (Fsp3) is 0.286. The molecule has 1 N–H and O–H groups in total. The van der Waals surface area contributed by atoms with Crippen molar-refractivity contribution in [2.24, 2.45) is 0 Å². The number of hydrogen-bond donors (Lipinski definition) is 1. The van der Waals surface area contributed by atoms with Gasteiger partial charge in [-0.25, -0.2) is 4.98 Å². The normalized spacial score (nSPS) is 16.9. The number of carbonyl (C=O) groups is 2. The molecule has 6 nitrogen and oxygen atoms in total. The summed E-state index contributed by atoms with van der Waals surface area (Å²) in [5.41, 5.74) is -0.620. The van der Waals surface area contributed by atoms with Gasteiger partial charge in [0.2, 0.25) is 5.91 Å². The van der Waals surface area contributed by atoms with E-state index in [9.17, 15) is 22.8 Å². The molecular formula is C21H17ClF3N3O3S. The molecule has 0 spiro atoms. The summed E-state index contributed by atoms with van der Waals surface area (Å²) >= 11 is 6.85. The molecule has 1 aliphatic rings. The average Bonchev–Trinajstić information content (AvgIpc) is 3.22. The van der Waals surface area contributed by atoms with Gasteiger partial charge in [-0.15, -0.1) is 22.9 Å². The van der Waals surface area contributed by atoms with Gasteiger partial charge in [0, 0.05) is 17.8 Å². The number of amides is 2. The smallest absolute Gasteiger partial charge is 0.377 e. The molecule has 0 bridgehead atoms. The third-order valence-corrected chi connectivity index (χ3v) is 6.28. The number of hydrogen-bond acceptors (Lipinski definition) is 5. The molecule has 168 valence electrons. The summed E-state index contributed by atoms with van der Waals surface area (Å²) in [4.78, 5) is 31.0. The van der Waals surface area contributed by atoms with Crippen molar-refractivity contribution >= 4 is 50.7 Å². The molecular weight excluding hydrogens is 467 g/mol. The number of halogens is 4. The molecule has 4 rings (SSSR count). The van der Waals surface area contributed by atoms with Gasteiger partial charge in [0.25, 0.3) is 5.91 Å². The first-order chi connectivity index (χ1) is 15.3. The minimum Gasteiger partial charge on any atom is -0.377 e. The van der Waals surface area contributed by atoms with Gasteiger partial charge in [-0.2, -0.15) is 13.2 Å². The summed E-state index contributed by atoms with van der Waals surface area (Å²) < 4.78 is 46.8. The zero-order valence-corrected chi connectivity index (χ0v) is 18.1. The lowest BCUT2D eigenvalue weighted by Gasteiger charge is -2.34. The van der Waals surface area contributed by atoms with Crippen molar-refractivity contribution in [1.82, 2.24) is 9.88 Å². The molecule has 0 saturated carbocycles. The van der Waals surface area contributed by atoms with E-state index in [1.807, 2.05) is 24.3 Å². The maximum Gasteiger partial charge on any atom is 0.416 e. The summed E-state index contributed by atoms with van der Waals surface area (Å²) in [6.07, 6.45) is -4.70. The van der Waals surface area contributed by atoms with Crippen molar-refractivity contribution < 1.29 is 27.5 Å². The third-order valence-electron chi connectivity index (χ3n) is 4.90. The molecule has 1 aliphatic heterocycles. The van der Waals surface area contributed by atoms with Gasteiger partial charge in [0.15, 0.2) is 0 Å². The average molecular weight is 484 g/mol. The van der Waals surface area contributed by atoms with Crippen LogP contribution >= 0.6 is 22.9 Å². The fourth-order valence-corrected chi connectivity index (χ4v) is 4.56. The Morgan fingerprint density at radius 3 is 2.75 bits per heavy atom. The molecule has 32 heavy (non-hydrogen) atoms. The van der Waals surface area contributed by atoms with Crippen molar-refractivity contribution in [3.8, 4) is 0 Å². The largest absolute Gasteiger partial charge is 0.416 e. The van der Waals surface area contributed by atoms with Crippen LogP contribution < -0.4 is 5.32 Å². The van der Waals surface area contributed by atoms with Crippen LogP contribution in [0.2, 0.25) is 0 Å². The Labute approximate surface area is 189 Å². The number of para-hydroxylation sites is 1. The monoisotopic (exact) mass is 483 g/mol. The predicted octanol–water partition coefficient (Wildman–Crippen LogP) is 4.71. The highest BCUT2D eigenvalue weighted by Crippen LogP contribution is 2.35. The number of benzene rings is 2. The first-order valence-corrected chi connectivity index (χ1v) is 10.9. The Kier molecular flexibility index (Phi) is 6.36.